The topological polar surface area (TPSA) is 113 Å². The minimum Gasteiger partial charge on any atom is -0.480 e. The molecule has 2 aromatic rings. The molecule has 8 heteroatoms. The van der Waals surface area contributed by atoms with Crippen molar-refractivity contribution in [1.29, 1.82) is 0 Å². The van der Waals surface area contributed by atoms with Crippen molar-refractivity contribution in [3.8, 4) is 0 Å². The number of sulfonamides is 1. The van der Waals surface area contributed by atoms with E-state index in [1.165, 1.54) is 36.4 Å². The third-order valence-corrected chi connectivity index (χ3v) is 5.59. The average molecular weight is 390 g/mol. The van der Waals surface area contributed by atoms with Gasteiger partial charge in [0.1, 0.15) is 6.04 Å². The maximum Gasteiger partial charge on any atom is 0.326 e. The van der Waals surface area contributed by atoms with Gasteiger partial charge in [-0.1, -0.05) is 44.5 Å². The number of carbonyl (C=O) groups is 2. The molecule has 0 fully saturated rings. The molecule has 2 aromatic carbocycles. The number of anilines is 1. The van der Waals surface area contributed by atoms with Gasteiger partial charge in [-0.3, -0.25) is 9.52 Å². The van der Waals surface area contributed by atoms with Crippen LogP contribution in [-0.4, -0.2) is 31.4 Å². The summed E-state index contributed by atoms with van der Waals surface area (Å²) in [5.41, 5.74) is 0.375. The first kappa shape index (κ1) is 20.4. The zero-order chi connectivity index (χ0) is 20.0. The van der Waals surface area contributed by atoms with Gasteiger partial charge in [0.05, 0.1) is 4.90 Å². The van der Waals surface area contributed by atoms with Gasteiger partial charge in [-0.15, -0.1) is 0 Å². The van der Waals surface area contributed by atoms with E-state index in [4.69, 9.17) is 0 Å². The highest BCUT2D eigenvalue weighted by Crippen LogP contribution is 2.17. The molecule has 0 spiro atoms. The minimum absolute atomic E-state index is 0.0996. The molecule has 2 atom stereocenters. The molecule has 0 aliphatic carbocycles. The monoisotopic (exact) mass is 390 g/mol. The Morgan fingerprint density at radius 1 is 1.07 bits per heavy atom. The predicted molar refractivity (Wildman–Crippen MR) is 102 cm³/mol. The number of rotatable bonds is 8. The van der Waals surface area contributed by atoms with Crippen LogP contribution < -0.4 is 10.0 Å². The molecule has 0 saturated carbocycles. The Kier molecular flexibility index (Phi) is 6.57. The maximum atomic E-state index is 12.4. The normalized spacial score (nSPS) is 13.4. The number of nitrogens with one attached hydrogen (secondary N) is 2. The first-order chi connectivity index (χ1) is 12.7. The fourth-order valence-electron chi connectivity index (χ4n) is 2.45. The summed E-state index contributed by atoms with van der Waals surface area (Å²) in [7, 11) is -3.79. The number of benzene rings is 2. The number of hydrogen-bond donors (Lipinski definition) is 3. The summed E-state index contributed by atoms with van der Waals surface area (Å²) in [6.45, 7) is 3.58. The Labute approximate surface area is 158 Å². The van der Waals surface area contributed by atoms with Crippen molar-refractivity contribution in [2.45, 2.75) is 31.2 Å². The fourth-order valence-corrected chi connectivity index (χ4v) is 3.52. The summed E-state index contributed by atoms with van der Waals surface area (Å²) in [6, 6.07) is 12.7. The summed E-state index contributed by atoms with van der Waals surface area (Å²) in [5.74, 6) is -1.94. The van der Waals surface area contributed by atoms with E-state index < -0.39 is 27.9 Å². The van der Waals surface area contributed by atoms with Crippen molar-refractivity contribution < 1.29 is 23.1 Å². The number of carboxylic acids is 1. The van der Waals surface area contributed by atoms with E-state index in [-0.39, 0.29) is 22.1 Å². The lowest BCUT2D eigenvalue weighted by atomic mass is 9.99. The molecule has 144 valence electrons. The molecule has 0 radical (unpaired) electrons. The third kappa shape index (κ3) is 5.30. The van der Waals surface area contributed by atoms with Crippen molar-refractivity contribution in [2.24, 2.45) is 5.92 Å². The van der Waals surface area contributed by atoms with E-state index in [9.17, 15) is 23.1 Å². The van der Waals surface area contributed by atoms with Crippen molar-refractivity contribution in [1.82, 2.24) is 5.32 Å². The Morgan fingerprint density at radius 3 is 2.33 bits per heavy atom. The molecule has 0 aliphatic rings. The summed E-state index contributed by atoms with van der Waals surface area (Å²) in [6.07, 6.45) is 0.591. The van der Waals surface area contributed by atoms with Crippen molar-refractivity contribution in [2.75, 3.05) is 4.72 Å². The molecule has 0 saturated heterocycles. The zero-order valence-corrected chi connectivity index (χ0v) is 15.9. The van der Waals surface area contributed by atoms with Gasteiger partial charge in [-0.25, -0.2) is 13.2 Å². The van der Waals surface area contributed by atoms with Gasteiger partial charge in [-0.2, -0.15) is 0 Å². The van der Waals surface area contributed by atoms with Crippen LogP contribution >= 0.6 is 0 Å². The number of aliphatic carboxylic acids is 1. The summed E-state index contributed by atoms with van der Waals surface area (Å²) in [5, 5.41) is 11.8. The number of hydrogen-bond acceptors (Lipinski definition) is 4. The van der Waals surface area contributed by atoms with Crippen LogP contribution in [0.3, 0.4) is 0 Å². The van der Waals surface area contributed by atoms with Crippen LogP contribution in [0.5, 0.6) is 0 Å². The van der Waals surface area contributed by atoms with E-state index >= 15 is 0 Å². The highest BCUT2D eigenvalue weighted by molar-refractivity contribution is 7.92. The fraction of sp³-hybridized carbons (Fsp3) is 0.263. The van der Waals surface area contributed by atoms with Gasteiger partial charge in [0.15, 0.2) is 0 Å². The second-order valence-electron chi connectivity index (χ2n) is 6.17. The molecule has 0 aromatic heterocycles. The lowest BCUT2D eigenvalue weighted by molar-refractivity contribution is -0.140. The second kappa shape index (κ2) is 8.68. The largest absolute Gasteiger partial charge is 0.480 e. The van der Waals surface area contributed by atoms with Gasteiger partial charge in [0.2, 0.25) is 0 Å². The molecule has 0 bridgehead atoms. The molecular weight excluding hydrogens is 368 g/mol. The Morgan fingerprint density at radius 2 is 1.74 bits per heavy atom. The van der Waals surface area contributed by atoms with Crippen molar-refractivity contribution in [3.63, 3.8) is 0 Å². The van der Waals surface area contributed by atoms with Gasteiger partial charge in [0.25, 0.3) is 15.9 Å². The van der Waals surface area contributed by atoms with E-state index in [0.717, 1.165) is 0 Å². The van der Waals surface area contributed by atoms with E-state index in [2.05, 4.69) is 10.0 Å². The Hall–Kier alpha value is -2.87. The smallest absolute Gasteiger partial charge is 0.326 e. The van der Waals surface area contributed by atoms with E-state index in [1.54, 1.807) is 25.1 Å². The molecule has 2 rings (SSSR count). The van der Waals surface area contributed by atoms with Gasteiger partial charge >= 0.3 is 5.97 Å². The first-order valence-corrected chi connectivity index (χ1v) is 9.94. The lowest BCUT2D eigenvalue weighted by Gasteiger charge is -2.20. The lowest BCUT2D eigenvalue weighted by Crippen LogP contribution is -2.45. The van der Waals surface area contributed by atoms with Crippen molar-refractivity contribution >= 4 is 27.6 Å². The molecule has 0 aliphatic heterocycles. The quantitative estimate of drug-likeness (QED) is 0.641. The predicted octanol–water partition coefficient (Wildman–Crippen LogP) is 2.72. The number of carboxylic acid groups (broad SMARTS) is 1. The maximum absolute atomic E-state index is 12.4. The van der Waals surface area contributed by atoms with Crippen LogP contribution in [0.1, 0.15) is 30.6 Å². The molecule has 0 unspecified atom stereocenters. The van der Waals surface area contributed by atoms with Crippen LogP contribution in [0.2, 0.25) is 0 Å². The van der Waals surface area contributed by atoms with Crippen LogP contribution in [0.25, 0.3) is 0 Å². The first-order valence-electron chi connectivity index (χ1n) is 8.46. The van der Waals surface area contributed by atoms with Crippen LogP contribution in [0.15, 0.2) is 59.5 Å². The van der Waals surface area contributed by atoms with E-state index in [1.807, 2.05) is 6.92 Å². The molecule has 1 amide bonds. The second-order valence-corrected chi connectivity index (χ2v) is 7.86. The van der Waals surface area contributed by atoms with Crippen molar-refractivity contribution in [3.05, 3.63) is 60.2 Å². The minimum atomic E-state index is -3.79. The summed E-state index contributed by atoms with van der Waals surface area (Å²) < 4.78 is 27.2. The van der Waals surface area contributed by atoms with Crippen LogP contribution in [0, 0.1) is 5.92 Å². The molecule has 3 N–H and O–H groups in total. The highest BCUT2D eigenvalue weighted by Gasteiger charge is 2.26. The van der Waals surface area contributed by atoms with Gasteiger partial charge < -0.3 is 10.4 Å². The number of amides is 1. The number of carbonyl (C=O) groups excluding carboxylic acids is 1. The van der Waals surface area contributed by atoms with Crippen LogP contribution in [0.4, 0.5) is 5.69 Å². The summed E-state index contributed by atoms with van der Waals surface area (Å²) in [4.78, 5) is 23.9. The molecule has 7 nitrogen and oxygen atoms in total. The molecule has 27 heavy (non-hydrogen) atoms. The van der Waals surface area contributed by atoms with Gasteiger partial charge in [0, 0.05) is 11.3 Å². The Bertz CT molecular complexity index is 913. The molecule has 0 heterocycles. The average Bonchev–Trinajstić information content (AvgIpc) is 2.65. The zero-order valence-electron chi connectivity index (χ0n) is 15.0. The highest BCUT2D eigenvalue weighted by atomic mass is 32.2. The standard InChI is InChI=1S/C19H22N2O5S/c1-3-13(2)17(19(23)24)20-18(22)14-8-7-9-15(12-14)21-27(25,26)16-10-5-4-6-11-16/h4-13,17,21H,3H2,1-2H3,(H,20,22)(H,23,24)/t13-,17-/m0/s1. The van der Waals surface area contributed by atoms with Gasteiger partial charge in [-0.05, 0) is 36.2 Å². The van der Waals surface area contributed by atoms with E-state index in [0.29, 0.717) is 6.42 Å². The summed E-state index contributed by atoms with van der Waals surface area (Å²) >= 11 is 0. The van der Waals surface area contributed by atoms with Crippen LogP contribution in [-0.2, 0) is 14.8 Å². The molecular formula is C19H22N2O5S. The SMILES string of the molecule is CC[C@H](C)[C@H](NC(=O)c1cccc(NS(=O)(=O)c2ccccc2)c1)C(=O)O. The third-order valence-electron chi connectivity index (χ3n) is 4.20. The Balaban J connectivity index is 2.19.